The fraction of sp³-hybridized carbons (Fsp3) is 0.318. The molecule has 3 aromatic rings. The molecule has 0 saturated heterocycles. The Labute approximate surface area is 173 Å². The Balaban J connectivity index is 1.71. The summed E-state index contributed by atoms with van der Waals surface area (Å²) >= 11 is 3.42. The number of aromatic nitrogens is 2. The smallest absolute Gasteiger partial charge is 0.254 e. The quantitative estimate of drug-likeness (QED) is 0.499. The fourth-order valence-electron chi connectivity index (χ4n) is 2.89. The third-order valence-electron chi connectivity index (χ3n) is 4.82. The van der Waals surface area contributed by atoms with Crippen LogP contribution in [-0.4, -0.2) is 33.5 Å². The summed E-state index contributed by atoms with van der Waals surface area (Å²) in [7, 11) is 0. The van der Waals surface area contributed by atoms with E-state index in [1.165, 1.54) is 0 Å². The van der Waals surface area contributed by atoms with Gasteiger partial charge in [-0.25, -0.2) is 0 Å². The maximum absolute atomic E-state index is 13.0. The van der Waals surface area contributed by atoms with Gasteiger partial charge in [-0.15, -0.1) is 0 Å². The van der Waals surface area contributed by atoms with Gasteiger partial charge in [-0.05, 0) is 56.7 Å². The van der Waals surface area contributed by atoms with E-state index in [0.29, 0.717) is 30.2 Å². The lowest BCUT2D eigenvalue weighted by Crippen LogP contribution is -2.39. The molecular weight excluding hydrogens is 418 g/mol. The van der Waals surface area contributed by atoms with Crippen molar-refractivity contribution in [2.75, 3.05) is 6.54 Å². The first-order valence-corrected chi connectivity index (χ1v) is 10.2. The number of rotatable bonds is 7. The molecule has 0 aliphatic heterocycles. The van der Waals surface area contributed by atoms with E-state index in [4.69, 9.17) is 4.52 Å². The first-order valence-electron chi connectivity index (χ1n) is 9.44. The number of benzene rings is 2. The molecule has 0 fully saturated rings. The molecule has 1 heterocycles. The summed E-state index contributed by atoms with van der Waals surface area (Å²) < 4.78 is 6.40. The van der Waals surface area contributed by atoms with Crippen LogP contribution in [0.5, 0.6) is 0 Å². The summed E-state index contributed by atoms with van der Waals surface area (Å²) in [5, 5.41) is 4.07. The molecule has 3 rings (SSSR count). The lowest BCUT2D eigenvalue weighted by molar-refractivity contribution is 0.0686. The van der Waals surface area contributed by atoms with Gasteiger partial charge in [0.05, 0.1) is 0 Å². The number of halogens is 1. The lowest BCUT2D eigenvalue weighted by Gasteiger charge is -2.28. The molecule has 146 valence electrons. The second kappa shape index (κ2) is 9.15. The van der Waals surface area contributed by atoms with Crippen LogP contribution in [0.3, 0.4) is 0 Å². The van der Waals surface area contributed by atoms with Crippen LogP contribution in [0, 0.1) is 6.92 Å². The van der Waals surface area contributed by atoms with E-state index in [9.17, 15) is 4.79 Å². The highest BCUT2D eigenvalue weighted by molar-refractivity contribution is 9.10. The van der Waals surface area contributed by atoms with Crippen LogP contribution in [-0.2, 0) is 6.42 Å². The van der Waals surface area contributed by atoms with E-state index in [0.717, 1.165) is 22.0 Å². The molecular formula is C22H24BrN3O2. The van der Waals surface area contributed by atoms with Crippen molar-refractivity contribution >= 4 is 21.8 Å². The number of nitrogens with zero attached hydrogens (tertiary/aromatic N) is 3. The topological polar surface area (TPSA) is 59.2 Å². The van der Waals surface area contributed by atoms with E-state index in [1.807, 2.05) is 60.4 Å². The van der Waals surface area contributed by atoms with Crippen LogP contribution in [0.1, 0.15) is 42.1 Å². The summed E-state index contributed by atoms with van der Waals surface area (Å²) in [5.41, 5.74) is 2.73. The average Bonchev–Trinajstić information content (AvgIpc) is 3.17. The highest BCUT2D eigenvalue weighted by Crippen LogP contribution is 2.19. The number of hydrogen-bond acceptors (Lipinski definition) is 4. The third-order valence-corrected chi connectivity index (χ3v) is 5.35. The maximum atomic E-state index is 13.0. The predicted molar refractivity (Wildman–Crippen MR) is 113 cm³/mol. The van der Waals surface area contributed by atoms with Crippen molar-refractivity contribution in [1.82, 2.24) is 15.0 Å². The van der Waals surface area contributed by atoms with E-state index in [2.05, 4.69) is 39.9 Å². The minimum Gasteiger partial charge on any atom is -0.339 e. The number of hydrogen-bond donors (Lipinski definition) is 0. The van der Waals surface area contributed by atoms with Crippen molar-refractivity contribution in [2.24, 2.45) is 0 Å². The zero-order valence-corrected chi connectivity index (χ0v) is 17.9. The molecule has 0 bridgehead atoms. The van der Waals surface area contributed by atoms with Crippen molar-refractivity contribution in [2.45, 2.75) is 39.7 Å². The second-order valence-electron chi connectivity index (χ2n) is 6.89. The van der Waals surface area contributed by atoms with E-state index in [1.54, 1.807) is 0 Å². The van der Waals surface area contributed by atoms with Gasteiger partial charge in [-0.2, -0.15) is 4.98 Å². The van der Waals surface area contributed by atoms with E-state index in [-0.39, 0.29) is 11.9 Å². The summed E-state index contributed by atoms with van der Waals surface area (Å²) in [4.78, 5) is 19.4. The van der Waals surface area contributed by atoms with Crippen LogP contribution in [0.25, 0.3) is 11.4 Å². The Hall–Kier alpha value is -2.47. The molecule has 0 saturated carbocycles. The number of carbonyl (C=O) groups is 1. The van der Waals surface area contributed by atoms with Crippen LogP contribution in [0.4, 0.5) is 0 Å². The maximum Gasteiger partial charge on any atom is 0.254 e. The van der Waals surface area contributed by atoms with E-state index < -0.39 is 0 Å². The summed E-state index contributed by atoms with van der Waals surface area (Å²) in [5.74, 6) is 1.12. The molecule has 0 aliphatic carbocycles. The molecule has 2 aromatic carbocycles. The standard InChI is InChI=1S/C22H24BrN3O2/c1-4-16(3)26(22(27)18-7-5-15(2)6-8-18)14-13-20-24-21(25-28-20)17-9-11-19(23)12-10-17/h5-12,16H,4,13-14H2,1-3H3. The first kappa shape index (κ1) is 20.3. The van der Waals surface area contributed by atoms with Gasteiger partial charge in [-0.1, -0.05) is 45.7 Å². The van der Waals surface area contributed by atoms with Gasteiger partial charge in [-0.3, -0.25) is 4.79 Å². The van der Waals surface area contributed by atoms with Gasteiger partial charge in [0.15, 0.2) is 0 Å². The average molecular weight is 442 g/mol. The van der Waals surface area contributed by atoms with Crippen LogP contribution in [0.15, 0.2) is 57.5 Å². The van der Waals surface area contributed by atoms with Gasteiger partial charge in [0.25, 0.3) is 5.91 Å². The molecule has 6 heteroatoms. The molecule has 5 nitrogen and oxygen atoms in total. The van der Waals surface area contributed by atoms with Crippen LogP contribution in [0.2, 0.25) is 0 Å². The molecule has 28 heavy (non-hydrogen) atoms. The minimum atomic E-state index is 0.0296. The highest BCUT2D eigenvalue weighted by Gasteiger charge is 2.21. The van der Waals surface area contributed by atoms with Crippen molar-refractivity contribution in [3.05, 3.63) is 70.0 Å². The van der Waals surface area contributed by atoms with Crippen molar-refractivity contribution in [3.63, 3.8) is 0 Å². The number of aryl methyl sites for hydroxylation is 1. The SMILES string of the molecule is CCC(C)N(CCc1nc(-c2ccc(Br)cc2)no1)C(=O)c1ccc(C)cc1. The largest absolute Gasteiger partial charge is 0.339 e. The molecule has 1 atom stereocenters. The number of amides is 1. The highest BCUT2D eigenvalue weighted by atomic mass is 79.9. The molecule has 0 N–H and O–H groups in total. The first-order chi connectivity index (χ1) is 13.5. The van der Waals surface area contributed by atoms with Crippen LogP contribution >= 0.6 is 15.9 Å². The third kappa shape index (κ3) is 4.87. The summed E-state index contributed by atoms with van der Waals surface area (Å²) in [6.45, 7) is 6.69. The van der Waals surface area contributed by atoms with Gasteiger partial charge in [0.1, 0.15) is 0 Å². The lowest BCUT2D eigenvalue weighted by atomic mass is 10.1. The predicted octanol–water partition coefficient (Wildman–Crippen LogP) is 5.29. The van der Waals surface area contributed by atoms with Gasteiger partial charge in [0, 0.05) is 34.6 Å². The van der Waals surface area contributed by atoms with Gasteiger partial charge in [0.2, 0.25) is 11.7 Å². The molecule has 1 amide bonds. The zero-order chi connectivity index (χ0) is 20.1. The van der Waals surface area contributed by atoms with Crippen molar-refractivity contribution < 1.29 is 9.32 Å². The fourth-order valence-corrected chi connectivity index (χ4v) is 3.16. The van der Waals surface area contributed by atoms with E-state index >= 15 is 0 Å². The van der Waals surface area contributed by atoms with Crippen molar-refractivity contribution in [1.29, 1.82) is 0 Å². The normalized spacial score (nSPS) is 12.0. The summed E-state index contributed by atoms with van der Waals surface area (Å²) in [6, 6.07) is 15.6. The molecule has 1 aromatic heterocycles. The Bertz CT molecular complexity index is 920. The Morgan fingerprint density at radius 3 is 2.46 bits per heavy atom. The Morgan fingerprint density at radius 2 is 1.82 bits per heavy atom. The minimum absolute atomic E-state index is 0.0296. The summed E-state index contributed by atoms with van der Waals surface area (Å²) in [6.07, 6.45) is 1.40. The van der Waals surface area contributed by atoms with Crippen LogP contribution < -0.4 is 0 Å². The monoisotopic (exact) mass is 441 g/mol. The molecule has 0 spiro atoms. The number of carbonyl (C=O) groups excluding carboxylic acids is 1. The molecule has 0 aliphatic rings. The zero-order valence-electron chi connectivity index (χ0n) is 16.4. The Kier molecular flexibility index (Phi) is 6.62. The van der Waals surface area contributed by atoms with Gasteiger partial charge < -0.3 is 9.42 Å². The molecule has 0 radical (unpaired) electrons. The van der Waals surface area contributed by atoms with Gasteiger partial charge >= 0.3 is 0 Å². The Morgan fingerprint density at radius 1 is 1.14 bits per heavy atom. The van der Waals surface area contributed by atoms with Crippen molar-refractivity contribution in [3.8, 4) is 11.4 Å². The molecule has 1 unspecified atom stereocenters. The second-order valence-corrected chi connectivity index (χ2v) is 7.81.